The van der Waals surface area contributed by atoms with Gasteiger partial charge < -0.3 is 5.32 Å². The third-order valence-electron chi connectivity index (χ3n) is 4.21. The van der Waals surface area contributed by atoms with Gasteiger partial charge in [-0.1, -0.05) is 45.0 Å². The molecule has 0 saturated carbocycles. The Morgan fingerprint density at radius 1 is 1.23 bits per heavy atom. The summed E-state index contributed by atoms with van der Waals surface area (Å²) in [5, 5.41) is 2.87. The number of nitrogens with one attached hydrogen (secondary N) is 1. The predicted octanol–water partition coefficient (Wildman–Crippen LogP) is 2.29. The van der Waals surface area contributed by atoms with Gasteiger partial charge in [0, 0.05) is 12.0 Å². The maximum Gasteiger partial charge on any atom is 0.223 e. The molecule has 1 aliphatic rings. The molecule has 0 spiro atoms. The van der Waals surface area contributed by atoms with Gasteiger partial charge in [0.05, 0.1) is 11.5 Å². The lowest BCUT2D eigenvalue weighted by Crippen LogP contribution is -2.39. The Balaban J connectivity index is 1.88. The van der Waals surface area contributed by atoms with Crippen molar-refractivity contribution >= 4 is 15.7 Å². The van der Waals surface area contributed by atoms with Gasteiger partial charge >= 0.3 is 0 Å². The van der Waals surface area contributed by atoms with E-state index in [2.05, 4.69) is 43.4 Å². The van der Waals surface area contributed by atoms with Crippen molar-refractivity contribution in [3.05, 3.63) is 35.4 Å². The van der Waals surface area contributed by atoms with Gasteiger partial charge in [0.15, 0.2) is 9.84 Å². The highest BCUT2D eigenvalue weighted by atomic mass is 32.2. The SMILES string of the molecule is CC(Cc1ccc(C(C)C)cc1)C(=O)NC1CCS(=O)(=O)C1. The van der Waals surface area contributed by atoms with Crippen LogP contribution in [0.1, 0.15) is 44.2 Å². The molecule has 0 aliphatic carbocycles. The van der Waals surface area contributed by atoms with Gasteiger partial charge in [-0.15, -0.1) is 0 Å². The normalized spacial score (nSPS) is 21.7. The zero-order valence-electron chi connectivity index (χ0n) is 13.5. The first-order chi connectivity index (χ1) is 10.3. The number of sulfone groups is 1. The molecule has 2 atom stereocenters. The Hall–Kier alpha value is -1.36. The van der Waals surface area contributed by atoms with Crippen LogP contribution < -0.4 is 5.32 Å². The largest absolute Gasteiger partial charge is 0.352 e. The van der Waals surface area contributed by atoms with E-state index in [4.69, 9.17) is 0 Å². The molecule has 1 saturated heterocycles. The van der Waals surface area contributed by atoms with Crippen LogP contribution in [-0.2, 0) is 21.1 Å². The minimum absolute atomic E-state index is 0.0602. The van der Waals surface area contributed by atoms with Crippen LogP contribution in [0.15, 0.2) is 24.3 Å². The molecular weight excluding hydrogens is 298 g/mol. The Labute approximate surface area is 133 Å². The summed E-state index contributed by atoms with van der Waals surface area (Å²) < 4.78 is 22.8. The van der Waals surface area contributed by atoms with Crippen LogP contribution in [0.25, 0.3) is 0 Å². The summed E-state index contributed by atoms with van der Waals surface area (Å²) in [6.07, 6.45) is 1.20. The highest BCUT2D eigenvalue weighted by Gasteiger charge is 2.29. The molecule has 5 heteroatoms. The van der Waals surface area contributed by atoms with E-state index in [1.165, 1.54) is 5.56 Å². The lowest BCUT2D eigenvalue weighted by atomic mass is 9.96. The van der Waals surface area contributed by atoms with Gasteiger partial charge in [0.25, 0.3) is 0 Å². The number of carbonyl (C=O) groups is 1. The maximum atomic E-state index is 12.2. The van der Waals surface area contributed by atoms with E-state index in [0.717, 1.165) is 5.56 Å². The lowest BCUT2D eigenvalue weighted by Gasteiger charge is -2.16. The van der Waals surface area contributed by atoms with Crippen molar-refractivity contribution in [2.45, 2.75) is 45.6 Å². The van der Waals surface area contributed by atoms with Crippen molar-refractivity contribution < 1.29 is 13.2 Å². The van der Waals surface area contributed by atoms with Gasteiger partial charge in [0.2, 0.25) is 5.91 Å². The van der Waals surface area contributed by atoms with Crippen molar-refractivity contribution in [1.82, 2.24) is 5.32 Å². The smallest absolute Gasteiger partial charge is 0.223 e. The van der Waals surface area contributed by atoms with Crippen molar-refractivity contribution in [3.63, 3.8) is 0 Å². The van der Waals surface area contributed by atoms with Gasteiger partial charge in [-0.25, -0.2) is 8.42 Å². The molecule has 1 aliphatic heterocycles. The van der Waals surface area contributed by atoms with Gasteiger partial charge in [0.1, 0.15) is 0 Å². The summed E-state index contributed by atoms with van der Waals surface area (Å²) in [6.45, 7) is 6.19. The lowest BCUT2D eigenvalue weighted by molar-refractivity contribution is -0.125. The Morgan fingerprint density at radius 2 is 1.86 bits per heavy atom. The second-order valence-electron chi connectivity index (χ2n) is 6.61. The van der Waals surface area contributed by atoms with Crippen LogP contribution in [-0.4, -0.2) is 31.9 Å². The molecular formula is C17H25NO3S. The fourth-order valence-electron chi connectivity index (χ4n) is 2.74. The van der Waals surface area contributed by atoms with Crippen LogP contribution in [0.4, 0.5) is 0 Å². The standard InChI is InChI=1S/C17H25NO3S/c1-12(2)15-6-4-14(5-7-15)10-13(3)17(19)18-16-8-9-22(20,21)11-16/h4-7,12-13,16H,8-11H2,1-3H3,(H,18,19). The summed E-state index contributed by atoms with van der Waals surface area (Å²) in [7, 11) is -2.95. The maximum absolute atomic E-state index is 12.2. The molecule has 0 radical (unpaired) electrons. The number of benzene rings is 1. The number of carbonyl (C=O) groups excluding carboxylic acids is 1. The van der Waals surface area contributed by atoms with E-state index < -0.39 is 9.84 Å². The molecule has 1 amide bonds. The van der Waals surface area contributed by atoms with Crippen LogP contribution in [0.2, 0.25) is 0 Å². The molecule has 0 aromatic heterocycles. The van der Waals surface area contributed by atoms with Crippen molar-refractivity contribution in [1.29, 1.82) is 0 Å². The summed E-state index contributed by atoms with van der Waals surface area (Å²) in [6, 6.07) is 8.13. The van der Waals surface area contributed by atoms with E-state index >= 15 is 0 Å². The monoisotopic (exact) mass is 323 g/mol. The minimum atomic E-state index is -2.95. The Kier molecular flexibility index (Phi) is 5.27. The summed E-state index contributed by atoms with van der Waals surface area (Å²) in [5.41, 5.74) is 2.42. The third kappa shape index (κ3) is 4.57. The van der Waals surface area contributed by atoms with Crippen LogP contribution in [0, 0.1) is 5.92 Å². The Bertz CT molecular complexity index is 620. The molecule has 1 aromatic carbocycles. The van der Waals surface area contributed by atoms with Crippen molar-refractivity contribution in [3.8, 4) is 0 Å². The second-order valence-corrected chi connectivity index (χ2v) is 8.84. The van der Waals surface area contributed by atoms with E-state index in [1.807, 2.05) is 6.92 Å². The third-order valence-corrected chi connectivity index (χ3v) is 5.98. The molecule has 1 N–H and O–H groups in total. The molecule has 1 heterocycles. The van der Waals surface area contributed by atoms with E-state index in [-0.39, 0.29) is 29.4 Å². The van der Waals surface area contributed by atoms with E-state index in [1.54, 1.807) is 0 Å². The molecule has 122 valence electrons. The molecule has 2 unspecified atom stereocenters. The summed E-state index contributed by atoms with van der Waals surface area (Å²) in [4.78, 5) is 12.2. The first-order valence-corrected chi connectivity index (χ1v) is 9.68. The van der Waals surface area contributed by atoms with E-state index in [9.17, 15) is 13.2 Å². The van der Waals surface area contributed by atoms with Crippen molar-refractivity contribution in [2.24, 2.45) is 5.92 Å². The first-order valence-electron chi connectivity index (χ1n) is 7.86. The number of hydrogen-bond acceptors (Lipinski definition) is 3. The zero-order chi connectivity index (χ0) is 16.3. The quantitative estimate of drug-likeness (QED) is 0.904. The molecule has 4 nitrogen and oxygen atoms in total. The fraction of sp³-hybridized carbons (Fsp3) is 0.588. The van der Waals surface area contributed by atoms with Gasteiger partial charge in [-0.2, -0.15) is 0 Å². The highest BCUT2D eigenvalue weighted by molar-refractivity contribution is 7.91. The number of hydrogen-bond donors (Lipinski definition) is 1. The summed E-state index contributed by atoms with van der Waals surface area (Å²) in [5.74, 6) is 0.541. The zero-order valence-corrected chi connectivity index (χ0v) is 14.3. The first kappa shape index (κ1) is 17.0. The molecule has 1 fully saturated rings. The Morgan fingerprint density at radius 3 is 2.36 bits per heavy atom. The number of rotatable bonds is 5. The fourth-order valence-corrected chi connectivity index (χ4v) is 4.41. The molecule has 2 rings (SSSR count). The average molecular weight is 323 g/mol. The minimum Gasteiger partial charge on any atom is -0.352 e. The topological polar surface area (TPSA) is 63.2 Å². The second kappa shape index (κ2) is 6.82. The highest BCUT2D eigenvalue weighted by Crippen LogP contribution is 2.17. The van der Waals surface area contributed by atoms with E-state index in [0.29, 0.717) is 18.8 Å². The predicted molar refractivity (Wildman–Crippen MR) is 88.6 cm³/mol. The van der Waals surface area contributed by atoms with Crippen LogP contribution >= 0.6 is 0 Å². The van der Waals surface area contributed by atoms with Gasteiger partial charge in [-0.05, 0) is 29.9 Å². The van der Waals surface area contributed by atoms with Gasteiger partial charge in [-0.3, -0.25) is 4.79 Å². The summed E-state index contributed by atoms with van der Waals surface area (Å²) >= 11 is 0. The molecule has 1 aromatic rings. The average Bonchev–Trinajstić information content (AvgIpc) is 2.78. The van der Waals surface area contributed by atoms with Crippen molar-refractivity contribution in [2.75, 3.05) is 11.5 Å². The van der Waals surface area contributed by atoms with Crippen LogP contribution in [0.5, 0.6) is 0 Å². The number of amides is 1. The molecule has 0 bridgehead atoms. The van der Waals surface area contributed by atoms with Crippen LogP contribution in [0.3, 0.4) is 0 Å². The molecule has 22 heavy (non-hydrogen) atoms.